The highest BCUT2D eigenvalue weighted by Crippen LogP contribution is 2.39. The predicted molar refractivity (Wildman–Crippen MR) is 95.7 cm³/mol. The fourth-order valence-electron chi connectivity index (χ4n) is 2.50. The van der Waals surface area contributed by atoms with Gasteiger partial charge in [0.1, 0.15) is 5.75 Å². The largest absolute Gasteiger partial charge is 0.508 e. The fraction of sp³-hybridized carbons (Fsp3) is 0.211. The maximum absolute atomic E-state index is 12.3. The lowest BCUT2D eigenvalue weighted by Gasteiger charge is -2.21. The molecule has 1 aliphatic heterocycles. The number of phenols is 1. The Hall–Kier alpha value is -2.20. The van der Waals surface area contributed by atoms with E-state index in [1.807, 2.05) is 42.5 Å². The molecule has 118 valence electrons. The van der Waals surface area contributed by atoms with Crippen molar-refractivity contribution in [2.45, 2.75) is 31.1 Å². The van der Waals surface area contributed by atoms with Gasteiger partial charge in [-0.2, -0.15) is 0 Å². The van der Waals surface area contributed by atoms with Crippen LogP contribution in [0.1, 0.15) is 31.9 Å². The van der Waals surface area contributed by atoms with Crippen molar-refractivity contribution in [2.24, 2.45) is 0 Å². The van der Waals surface area contributed by atoms with E-state index in [1.165, 1.54) is 11.8 Å². The van der Waals surface area contributed by atoms with Crippen molar-refractivity contribution in [3.05, 3.63) is 58.5 Å². The molecular formula is C19H19NO2S. The van der Waals surface area contributed by atoms with Gasteiger partial charge in [-0.05, 0) is 46.9 Å². The molecule has 0 unspecified atom stereocenters. The average Bonchev–Trinajstić information content (AvgIpc) is 2.49. The smallest absolute Gasteiger partial charge is 0.262 e. The van der Waals surface area contributed by atoms with Gasteiger partial charge in [0, 0.05) is 4.90 Å². The average molecular weight is 325 g/mol. The number of benzene rings is 2. The Morgan fingerprint density at radius 1 is 1.13 bits per heavy atom. The van der Waals surface area contributed by atoms with Gasteiger partial charge in [0.15, 0.2) is 0 Å². The number of carbonyl (C=O) groups is 1. The number of phenolic OH excluding ortho intramolecular Hbond substituents is 1. The third-order valence-corrected chi connectivity index (χ3v) is 4.80. The van der Waals surface area contributed by atoms with Crippen LogP contribution in [0.4, 0.5) is 5.69 Å². The summed E-state index contributed by atoms with van der Waals surface area (Å²) in [4.78, 5) is 13.9. The number of thioether (sulfide) groups is 1. The number of anilines is 1. The first kappa shape index (κ1) is 15.7. The summed E-state index contributed by atoms with van der Waals surface area (Å²) in [7, 11) is 0. The minimum atomic E-state index is -0.160. The van der Waals surface area contributed by atoms with Gasteiger partial charge >= 0.3 is 0 Å². The van der Waals surface area contributed by atoms with E-state index in [9.17, 15) is 9.90 Å². The highest BCUT2D eigenvalue weighted by molar-refractivity contribution is 8.04. The zero-order valence-corrected chi connectivity index (χ0v) is 14.2. The van der Waals surface area contributed by atoms with E-state index in [-0.39, 0.29) is 17.1 Å². The molecule has 3 nitrogen and oxygen atoms in total. The van der Waals surface area contributed by atoms with E-state index in [2.05, 4.69) is 26.1 Å². The number of amides is 1. The molecule has 0 aromatic heterocycles. The minimum Gasteiger partial charge on any atom is -0.508 e. The summed E-state index contributed by atoms with van der Waals surface area (Å²) in [5.41, 5.74) is 2.46. The Morgan fingerprint density at radius 2 is 1.87 bits per heavy atom. The second-order valence-electron chi connectivity index (χ2n) is 6.59. The molecule has 23 heavy (non-hydrogen) atoms. The molecule has 0 radical (unpaired) electrons. The van der Waals surface area contributed by atoms with Gasteiger partial charge < -0.3 is 10.4 Å². The molecule has 0 spiro atoms. The first-order chi connectivity index (χ1) is 10.8. The van der Waals surface area contributed by atoms with Crippen molar-refractivity contribution < 1.29 is 9.90 Å². The Balaban J connectivity index is 1.98. The standard InChI is InChI=1S/C19H19NO2S/c1-19(2,3)13-10-12(8-9-15(13)21)11-17-18(22)20-14-6-4-5-7-16(14)23-17/h4-11,21H,1-3H3,(H,20,22)/b17-11+. The third kappa shape index (κ3) is 3.27. The van der Waals surface area contributed by atoms with Gasteiger partial charge in [0.05, 0.1) is 10.6 Å². The maximum Gasteiger partial charge on any atom is 0.262 e. The number of rotatable bonds is 1. The summed E-state index contributed by atoms with van der Waals surface area (Å²) in [6.07, 6.45) is 1.87. The molecule has 0 saturated carbocycles. The van der Waals surface area contributed by atoms with Gasteiger partial charge in [-0.15, -0.1) is 0 Å². The number of para-hydroxylation sites is 1. The molecule has 4 heteroatoms. The highest BCUT2D eigenvalue weighted by atomic mass is 32.2. The van der Waals surface area contributed by atoms with E-state index < -0.39 is 0 Å². The van der Waals surface area contributed by atoms with Crippen LogP contribution in [0.25, 0.3) is 6.08 Å². The molecule has 1 heterocycles. The molecule has 0 atom stereocenters. The summed E-state index contributed by atoms with van der Waals surface area (Å²) in [6.45, 7) is 6.16. The fourth-order valence-corrected chi connectivity index (χ4v) is 3.45. The molecule has 2 aromatic rings. The van der Waals surface area contributed by atoms with E-state index in [0.717, 1.165) is 21.7 Å². The second kappa shape index (κ2) is 5.78. The van der Waals surface area contributed by atoms with Crippen LogP contribution in [0.2, 0.25) is 0 Å². The number of fused-ring (bicyclic) bond motifs is 1. The van der Waals surface area contributed by atoms with E-state index in [1.54, 1.807) is 6.07 Å². The SMILES string of the molecule is CC(C)(C)c1cc(/C=C2/Sc3ccccc3NC2=O)ccc1O. The van der Waals surface area contributed by atoms with E-state index in [4.69, 9.17) is 0 Å². The molecule has 2 N–H and O–H groups in total. The van der Waals surface area contributed by atoms with Crippen LogP contribution in [-0.2, 0) is 10.2 Å². The lowest BCUT2D eigenvalue weighted by atomic mass is 9.85. The molecule has 0 aliphatic carbocycles. The zero-order valence-electron chi connectivity index (χ0n) is 13.4. The predicted octanol–water partition coefficient (Wildman–Crippen LogP) is 4.78. The highest BCUT2D eigenvalue weighted by Gasteiger charge is 2.22. The van der Waals surface area contributed by atoms with Crippen LogP contribution >= 0.6 is 11.8 Å². The van der Waals surface area contributed by atoms with Crippen molar-refractivity contribution in [1.29, 1.82) is 0 Å². The maximum atomic E-state index is 12.3. The van der Waals surface area contributed by atoms with Crippen molar-refractivity contribution in [1.82, 2.24) is 0 Å². The van der Waals surface area contributed by atoms with Crippen LogP contribution in [-0.4, -0.2) is 11.0 Å². The first-order valence-electron chi connectivity index (χ1n) is 7.48. The summed E-state index contributed by atoms with van der Waals surface area (Å²) in [5, 5.41) is 13.0. The lowest BCUT2D eigenvalue weighted by molar-refractivity contribution is -0.112. The summed E-state index contributed by atoms with van der Waals surface area (Å²) >= 11 is 1.46. The molecular weight excluding hydrogens is 306 g/mol. The number of aromatic hydroxyl groups is 1. The quantitative estimate of drug-likeness (QED) is 0.742. The summed E-state index contributed by atoms with van der Waals surface area (Å²) in [5.74, 6) is 0.185. The van der Waals surface area contributed by atoms with Crippen LogP contribution in [0.3, 0.4) is 0 Å². The number of nitrogens with one attached hydrogen (secondary N) is 1. The van der Waals surface area contributed by atoms with Gasteiger partial charge in [-0.3, -0.25) is 4.79 Å². The van der Waals surface area contributed by atoms with Crippen molar-refractivity contribution in [3.63, 3.8) is 0 Å². The second-order valence-corrected chi connectivity index (χ2v) is 7.67. The summed E-state index contributed by atoms with van der Waals surface area (Å²) < 4.78 is 0. The minimum absolute atomic E-state index is 0.0981. The van der Waals surface area contributed by atoms with Gasteiger partial charge in [0.2, 0.25) is 0 Å². The van der Waals surface area contributed by atoms with E-state index >= 15 is 0 Å². The monoisotopic (exact) mass is 325 g/mol. The molecule has 2 aromatic carbocycles. The number of carbonyl (C=O) groups excluding carboxylic acids is 1. The molecule has 0 bridgehead atoms. The molecule has 1 aliphatic rings. The Labute approximate surface area is 140 Å². The first-order valence-corrected chi connectivity index (χ1v) is 8.30. The number of hydrogen-bond donors (Lipinski definition) is 2. The van der Waals surface area contributed by atoms with Crippen molar-refractivity contribution in [2.75, 3.05) is 5.32 Å². The normalized spacial score (nSPS) is 16.1. The van der Waals surface area contributed by atoms with Gasteiger partial charge in [-0.1, -0.05) is 50.7 Å². The Bertz CT molecular complexity index is 803. The topological polar surface area (TPSA) is 49.3 Å². The lowest BCUT2D eigenvalue weighted by Crippen LogP contribution is -2.17. The molecule has 1 amide bonds. The Morgan fingerprint density at radius 3 is 2.61 bits per heavy atom. The zero-order chi connectivity index (χ0) is 16.6. The molecule has 0 saturated heterocycles. The molecule has 3 rings (SSSR count). The van der Waals surface area contributed by atoms with Crippen molar-refractivity contribution >= 4 is 29.4 Å². The van der Waals surface area contributed by atoms with Gasteiger partial charge in [0.25, 0.3) is 5.91 Å². The van der Waals surface area contributed by atoms with Gasteiger partial charge in [-0.25, -0.2) is 0 Å². The van der Waals surface area contributed by atoms with Crippen LogP contribution in [0.15, 0.2) is 52.3 Å². The van der Waals surface area contributed by atoms with Crippen LogP contribution in [0.5, 0.6) is 5.75 Å². The molecule has 0 fully saturated rings. The van der Waals surface area contributed by atoms with Crippen molar-refractivity contribution in [3.8, 4) is 5.75 Å². The third-order valence-electron chi connectivity index (χ3n) is 3.71. The summed E-state index contributed by atoms with van der Waals surface area (Å²) in [6, 6.07) is 13.2. The number of hydrogen-bond acceptors (Lipinski definition) is 3. The van der Waals surface area contributed by atoms with E-state index in [0.29, 0.717) is 4.91 Å². The van der Waals surface area contributed by atoms with Crippen LogP contribution < -0.4 is 5.32 Å². The van der Waals surface area contributed by atoms with Crippen LogP contribution in [0, 0.1) is 0 Å². The Kier molecular flexibility index (Phi) is 3.94.